The normalized spacial score (nSPS) is 14.2. The summed E-state index contributed by atoms with van der Waals surface area (Å²) < 4.78 is 30.8. The van der Waals surface area contributed by atoms with Gasteiger partial charge in [-0.2, -0.15) is 0 Å². The molecule has 0 rings (SSSR count). The molecule has 0 heterocycles. The van der Waals surface area contributed by atoms with E-state index >= 15 is 0 Å². The number of nitrogens with one attached hydrogen (secondary N) is 1. The Balaban J connectivity index is 0. The third-order valence-corrected chi connectivity index (χ3v) is 2.81. The van der Waals surface area contributed by atoms with Crippen LogP contribution in [0.2, 0.25) is 0 Å². The van der Waals surface area contributed by atoms with E-state index in [-0.39, 0.29) is 36.1 Å². The zero-order chi connectivity index (χ0) is 12.8. The second-order valence-electron chi connectivity index (χ2n) is 3.51. The van der Waals surface area contributed by atoms with Gasteiger partial charge in [-0.25, -0.2) is 8.42 Å². The molecule has 0 fully saturated rings. The van der Waals surface area contributed by atoms with E-state index in [0.29, 0.717) is 0 Å². The van der Waals surface area contributed by atoms with Crippen molar-refractivity contribution in [2.24, 2.45) is 0 Å². The van der Waals surface area contributed by atoms with E-state index in [4.69, 9.17) is 20.4 Å². The average molecular weight is 281 g/mol. The molecule has 0 saturated carbocycles. The van der Waals surface area contributed by atoms with E-state index in [0.717, 1.165) is 0 Å². The summed E-state index contributed by atoms with van der Waals surface area (Å²) in [7, 11) is -4.54. The maximum Gasteiger partial charge on any atom is 1.00 e. The van der Waals surface area contributed by atoms with Crippen LogP contribution in [0.25, 0.3) is 0 Å². The van der Waals surface area contributed by atoms with Crippen molar-refractivity contribution in [2.45, 2.75) is 11.6 Å². The van der Waals surface area contributed by atoms with E-state index < -0.39 is 47.3 Å². The van der Waals surface area contributed by atoms with Crippen molar-refractivity contribution in [3.63, 3.8) is 0 Å². The van der Waals surface area contributed by atoms with Crippen LogP contribution in [0, 0.1) is 0 Å². The smallest absolute Gasteiger partial charge is 0.748 e. The Morgan fingerprint density at radius 1 is 1.18 bits per heavy atom. The van der Waals surface area contributed by atoms with Crippen LogP contribution in [0.4, 0.5) is 0 Å². The molecule has 98 valence electrons. The molecule has 5 N–H and O–H groups in total. The van der Waals surface area contributed by atoms with Crippen molar-refractivity contribution in [1.82, 2.24) is 5.32 Å². The van der Waals surface area contributed by atoms with Gasteiger partial charge in [0.2, 0.25) is 0 Å². The van der Waals surface area contributed by atoms with Crippen molar-refractivity contribution in [3.8, 4) is 0 Å². The van der Waals surface area contributed by atoms with Gasteiger partial charge in [-0.05, 0) is 0 Å². The van der Waals surface area contributed by atoms with E-state index in [1.165, 1.54) is 0 Å². The minimum Gasteiger partial charge on any atom is -0.748 e. The maximum absolute atomic E-state index is 10.3. The van der Waals surface area contributed by atoms with Gasteiger partial charge >= 0.3 is 29.6 Å². The van der Waals surface area contributed by atoms with Crippen LogP contribution >= 0.6 is 0 Å². The molecule has 0 saturated heterocycles. The van der Waals surface area contributed by atoms with Gasteiger partial charge in [0.1, 0.15) is 0 Å². The molecule has 0 radical (unpaired) electrons. The molecule has 0 aliphatic rings. The maximum atomic E-state index is 10.3. The standard InChI is InChI=1S/C7H17NO7S.Na/c9-3-7(4-10,5-11)8-1-6(12)2-16(13,14)15;/h6,8-12H,1-5H2,(H,13,14,15);/q;+1/p-1. The summed E-state index contributed by atoms with van der Waals surface area (Å²) in [5.74, 6) is -0.974. The van der Waals surface area contributed by atoms with Gasteiger partial charge in [0.05, 0.1) is 47.3 Å². The fourth-order valence-corrected chi connectivity index (χ4v) is 1.54. The van der Waals surface area contributed by atoms with Crippen LogP contribution in [0.1, 0.15) is 0 Å². The Morgan fingerprint density at radius 3 is 1.88 bits per heavy atom. The molecular weight excluding hydrogens is 265 g/mol. The Kier molecular flexibility index (Phi) is 10.3. The molecule has 0 aliphatic carbocycles. The van der Waals surface area contributed by atoms with E-state index in [1.54, 1.807) is 0 Å². The van der Waals surface area contributed by atoms with Crippen LogP contribution in [-0.2, 0) is 10.1 Å². The van der Waals surface area contributed by atoms with E-state index in [1.807, 2.05) is 0 Å². The van der Waals surface area contributed by atoms with Gasteiger partial charge in [-0.1, -0.05) is 0 Å². The summed E-state index contributed by atoms with van der Waals surface area (Å²) in [4.78, 5) is 0. The van der Waals surface area contributed by atoms with E-state index in [9.17, 15) is 13.0 Å². The number of aliphatic hydroxyl groups is 4. The summed E-state index contributed by atoms with van der Waals surface area (Å²) in [5.41, 5.74) is -1.41. The minimum absolute atomic E-state index is 0. The van der Waals surface area contributed by atoms with Crippen molar-refractivity contribution in [3.05, 3.63) is 0 Å². The van der Waals surface area contributed by atoms with Gasteiger partial charge in [-0.3, -0.25) is 0 Å². The molecule has 1 unspecified atom stereocenters. The molecule has 0 aliphatic heterocycles. The molecule has 17 heavy (non-hydrogen) atoms. The number of hydrogen-bond donors (Lipinski definition) is 5. The molecule has 1 atom stereocenters. The van der Waals surface area contributed by atoms with Gasteiger partial charge in [0.15, 0.2) is 0 Å². The summed E-state index contributed by atoms with van der Waals surface area (Å²) in [6.45, 7) is -2.15. The summed E-state index contributed by atoms with van der Waals surface area (Å²) in [6, 6.07) is 0. The van der Waals surface area contributed by atoms with Crippen LogP contribution < -0.4 is 34.9 Å². The third-order valence-electron chi connectivity index (χ3n) is 2.02. The Bertz CT molecular complexity index is 284. The minimum atomic E-state index is -4.54. The number of β-amino-alcohol motifs (C(OH)–C–C–N with tert-alkyl or cyclic N) is 1. The monoisotopic (exact) mass is 281 g/mol. The fourth-order valence-electron chi connectivity index (χ4n) is 0.947. The van der Waals surface area contributed by atoms with Crippen molar-refractivity contribution in [1.29, 1.82) is 0 Å². The summed E-state index contributed by atoms with van der Waals surface area (Å²) in [6.07, 6.45) is -1.47. The topological polar surface area (TPSA) is 150 Å². The Labute approximate surface area is 122 Å². The van der Waals surface area contributed by atoms with Crippen molar-refractivity contribution < 1.29 is 63.0 Å². The molecule has 10 heteroatoms. The number of hydrogen-bond acceptors (Lipinski definition) is 8. The first-order chi connectivity index (χ1) is 7.28. The molecule has 0 aromatic rings. The molecule has 0 bridgehead atoms. The fraction of sp³-hybridized carbons (Fsp3) is 1.00. The second-order valence-corrected chi connectivity index (χ2v) is 4.96. The summed E-state index contributed by atoms with van der Waals surface area (Å²) >= 11 is 0. The van der Waals surface area contributed by atoms with Gasteiger partial charge in [0, 0.05) is 6.54 Å². The zero-order valence-electron chi connectivity index (χ0n) is 9.53. The van der Waals surface area contributed by atoms with Gasteiger partial charge in [0.25, 0.3) is 0 Å². The number of aliphatic hydroxyl groups excluding tert-OH is 4. The van der Waals surface area contributed by atoms with Crippen LogP contribution in [0.5, 0.6) is 0 Å². The van der Waals surface area contributed by atoms with E-state index in [2.05, 4.69) is 5.32 Å². The zero-order valence-corrected chi connectivity index (χ0v) is 12.4. The van der Waals surface area contributed by atoms with Crippen LogP contribution in [0.15, 0.2) is 0 Å². The molecule has 0 spiro atoms. The first-order valence-electron chi connectivity index (χ1n) is 4.48. The first kappa shape index (κ1) is 20.0. The largest absolute Gasteiger partial charge is 1.00 e. The second kappa shape index (κ2) is 8.75. The Morgan fingerprint density at radius 2 is 1.59 bits per heavy atom. The average Bonchev–Trinajstić information content (AvgIpc) is 2.18. The molecular formula is C7H16NNaO7S. The van der Waals surface area contributed by atoms with Gasteiger partial charge in [-0.15, -0.1) is 0 Å². The summed E-state index contributed by atoms with van der Waals surface area (Å²) in [5, 5.41) is 38.2. The predicted molar refractivity (Wildman–Crippen MR) is 52.6 cm³/mol. The van der Waals surface area contributed by atoms with Crippen LogP contribution in [0.3, 0.4) is 0 Å². The SMILES string of the molecule is O=S(=O)([O-])CC(O)CNC(CO)(CO)CO.[Na+]. The molecule has 0 aromatic heterocycles. The van der Waals surface area contributed by atoms with Gasteiger partial charge < -0.3 is 30.3 Å². The molecule has 0 aromatic carbocycles. The van der Waals surface area contributed by atoms with Crippen molar-refractivity contribution in [2.75, 3.05) is 32.1 Å². The first-order valence-corrected chi connectivity index (χ1v) is 6.05. The van der Waals surface area contributed by atoms with Crippen LogP contribution in [-0.4, -0.2) is 77.2 Å². The molecule has 0 amide bonds. The third kappa shape index (κ3) is 8.43. The predicted octanol–water partition coefficient (Wildman–Crippen LogP) is -6.80. The van der Waals surface area contributed by atoms with Crippen molar-refractivity contribution >= 4 is 10.1 Å². The Hall–Kier alpha value is 0.710. The quantitative estimate of drug-likeness (QED) is 0.217. The molecule has 8 nitrogen and oxygen atoms in total. The number of rotatable bonds is 8.